The summed E-state index contributed by atoms with van der Waals surface area (Å²) in [6.45, 7) is 1.47. The van der Waals surface area contributed by atoms with E-state index in [0.717, 1.165) is 15.0 Å². The number of nitrogens with one attached hydrogen (secondary N) is 2. The van der Waals surface area contributed by atoms with Gasteiger partial charge in [-0.2, -0.15) is 0 Å². The molecule has 1 aliphatic rings. The molecular formula is C23H23N5O3S. The van der Waals surface area contributed by atoms with E-state index in [4.69, 9.17) is 0 Å². The second-order valence-electron chi connectivity index (χ2n) is 7.44. The van der Waals surface area contributed by atoms with E-state index in [1.807, 2.05) is 55.1 Å². The van der Waals surface area contributed by atoms with Crippen molar-refractivity contribution >= 4 is 35.3 Å². The Kier molecular flexibility index (Phi) is 6.00. The molecule has 9 heteroatoms. The van der Waals surface area contributed by atoms with Crippen molar-refractivity contribution in [2.24, 2.45) is 7.05 Å². The zero-order valence-corrected chi connectivity index (χ0v) is 18.6. The van der Waals surface area contributed by atoms with Gasteiger partial charge in [-0.3, -0.25) is 14.5 Å². The van der Waals surface area contributed by atoms with Gasteiger partial charge in [-0.05, 0) is 36.2 Å². The van der Waals surface area contributed by atoms with Crippen LogP contribution in [0.25, 0.3) is 0 Å². The zero-order valence-electron chi connectivity index (χ0n) is 17.7. The molecular weight excluding hydrogens is 426 g/mol. The number of urea groups is 1. The van der Waals surface area contributed by atoms with Gasteiger partial charge < -0.3 is 15.2 Å². The van der Waals surface area contributed by atoms with E-state index < -0.39 is 23.4 Å². The van der Waals surface area contributed by atoms with Crippen molar-refractivity contribution in [2.45, 2.75) is 28.9 Å². The molecule has 32 heavy (non-hydrogen) atoms. The van der Waals surface area contributed by atoms with Gasteiger partial charge in [0.05, 0.1) is 0 Å². The minimum absolute atomic E-state index is 0.358. The molecule has 1 aromatic heterocycles. The Labute approximate surface area is 190 Å². The van der Waals surface area contributed by atoms with Gasteiger partial charge in [0.25, 0.3) is 5.91 Å². The van der Waals surface area contributed by atoms with Gasteiger partial charge in [0.15, 0.2) is 5.16 Å². The molecule has 0 saturated carbocycles. The zero-order chi connectivity index (χ0) is 22.7. The minimum Gasteiger partial charge on any atom is -0.329 e. The van der Waals surface area contributed by atoms with Crippen molar-refractivity contribution in [3.8, 4) is 0 Å². The first-order valence-corrected chi connectivity index (χ1v) is 11.0. The highest BCUT2D eigenvalue weighted by molar-refractivity contribution is 7.99. The molecule has 0 bridgehead atoms. The predicted molar refractivity (Wildman–Crippen MR) is 121 cm³/mol. The van der Waals surface area contributed by atoms with Gasteiger partial charge >= 0.3 is 6.03 Å². The van der Waals surface area contributed by atoms with Crippen LogP contribution >= 0.6 is 11.8 Å². The van der Waals surface area contributed by atoms with Crippen LogP contribution in [0.4, 0.5) is 10.5 Å². The van der Waals surface area contributed by atoms with E-state index in [9.17, 15) is 14.4 Å². The summed E-state index contributed by atoms with van der Waals surface area (Å²) in [6.07, 6.45) is 3.99. The summed E-state index contributed by atoms with van der Waals surface area (Å²) in [5.74, 6) is -0.869. The van der Waals surface area contributed by atoms with Crippen LogP contribution in [0.3, 0.4) is 0 Å². The van der Waals surface area contributed by atoms with Crippen LogP contribution in [0.2, 0.25) is 0 Å². The lowest BCUT2D eigenvalue weighted by Gasteiger charge is -2.25. The number of imidazole rings is 1. The number of anilines is 1. The Bertz CT molecular complexity index is 1150. The smallest absolute Gasteiger partial charge is 0.325 e. The molecule has 4 amide bonds. The number of hydrogen-bond donors (Lipinski definition) is 2. The highest BCUT2D eigenvalue weighted by Crippen LogP contribution is 2.32. The lowest BCUT2D eigenvalue weighted by molar-refractivity contribution is -0.134. The van der Waals surface area contributed by atoms with Crippen molar-refractivity contribution in [3.05, 3.63) is 72.6 Å². The van der Waals surface area contributed by atoms with Gasteiger partial charge in [0.2, 0.25) is 5.91 Å². The molecule has 2 aromatic carbocycles. The summed E-state index contributed by atoms with van der Waals surface area (Å²) in [7, 11) is 1.92. The average Bonchev–Trinajstić information content (AvgIpc) is 3.31. The summed E-state index contributed by atoms with van der Waals surface area (Å²) in [5, 5.41) is 6.39. The van der Waals surface area contributed by atoms with E-state index in [0.29, 0.717) is 17.7 Å². The van der Waals surface area contributed by atoms with Crippen LogP contribution in [0, 0.1) is 0 Å². The third-order valence-electron chi connectivity index (χ3n) is 5.40. The molecule has 1 aliphatic heterocycles. The molecule has 0 spiro atoms. The SMILES string of the molecule is CCC1(c2ccccc2)NC(=O)N(CC(=O)Nc2ccc(Sc3nccn3C)cc2)C1=O. The normalized spacial score (nSPS) is 18.0. The predicted octanol–water partition coefficient (Wildman–Crippen LogP) is 3.37. The minimum atomic E-state index is -1.15. The van der Waals surface area contributed by atoms with Gasteiger partial charge in [-0.15, -0.1) is 0 Å². The first kappa shape index (κ1) is 21.6. The van der Waals surface area contributed by atoms with E-state index in [2.05, 4.69) is 15.6 Å². The topological polar surface area (TPSA) is 96.3 Å². The lowest BCUT2D eigenvalue weighted by Crippen LogP contribution is -2.44. The van der Waals surface area contributed by atoms with Crippen LogP contribution in [0.5, 0.6) is 0 Å². The number of aromatic nitrogens is 2. The molecule has 2 heterocycles. The van der Waals surface area contributed by atoms with E-state index in [1.165, 1.54) is 11.8 Å². The largest absolute Gasteiger partial charge is 0.329 e. The number of amides is 4. The second-order valence-corrected chi connectivity index (χ2v) is 8.48. The molecule has 1 saturated heterocycles. The molecule has 2 N–H and O–H groups in total. The molecule has 164 valence electrons. The van der Waals surface area contributed by atoms with Crippen LogP contribution in [-0.2, 0) is 22.2 Å². The number of carbonyl (C=O) groups is 3. The quantitative estimate of drug-likeness (QED) is 0.539. The summed E-state index contributed by atoms with van der Waals surface area (Å²) in [5.41, 5.74) is 0.128. The van der Waals surface area contributed by atoms with Gasteiger partial charge in [0, 0.05) is 30.0 Å². The summed E-state index contributed by atoms with van der Waals surface area (Å²) in [4.78, 5) is 44.5. The first-order valence-electron chi connectivity index (χ1n) is 10.2. The molecule has 0 aliphatic carbocycles. The fraction of sp³-hybridized carbons (Fsp3) is 0.217. The van der Waals surface area contributed by atoms with Gasteiger partial charge in [-0.25, -0.2) is 9.78 Å². The molecule has 1 atom stereocenters. The van der Waals surface area contributed by atoms with Crippen LogP contribution in [-0.4, -0.2) is 38.8 Å². The Morgan fingerprint density at radius 2 is 1.84 bits per heavy atom. The Hall–Kier alpha value is -3.59. The number of aryl methyl sites for hydroxylation is 1. The first-order chi connectivity index (χ1) is 15.4. The molecule has 8 nitrogen and oxygen atoms in total. The van der Waals surface area contributed by atoms with E-state index >= 15 is 0 Å². The molecule has 1 unspecified atom stereocenters. The number of hydrogen-bond acceptors (Lipinski definition) is 5. The van der Waals surface area contributed by atoms with E-state index in [-0.39, 0.29) is 6.54 Å². The second kappa shape index (κ2) is 8.88. The highest BCUT2D eigenvalue weighted by Gasteiger charge is 2.51. The fourth-order valence-electron chi connectivity index (χ4n) is 3.64. The van der Waals surface area contributed by atoms with Gasteiger partial charge in [-0.1, -0.05) is 49.0 Å². The monoisotopic (exact) mass is 449 g/mol. The number of imide groups is 1. The van der Waals surface area contributed by atoms with Crippen LogP contribution in [0.15, 0.2) is 77.0 Å². The third-order valence-corrected chi connectivity index (χ3v) is 6.48. The Morgan fingerprint density at radius 3 is 2.47 bits per heavy atom. The van der Waals surface area contributed by atoms with Crippen molar-refractivity contribution < 1.29 is 14.4 Å². The Morgan fingerprint density at radius 1 is 1.12 bits per heavy atom. The van der Waals surface area contributed by atoms with Crippen molar-refractivity contribution in [3.63, 3.8) is 0 Å². The standard InChI is InChI=1S/C23H23N5O3S/c1-3-23(16-7-5-4-6-8-16)20(30)28(21(31)26-23)15-19(29)25-17-9-11-18(12-10-17)32-22-24-13-14-27(22)2/h4-14H,3,15H2,1-2H3,(H,25,29)(H,26,31). The van der Waals surface area contributed by atoms with Gasteiger partial charge in [0.1, 0.15) is 12.1 Å². The molecule has 4 rings (SSSR count). The number of carbonyl (C=O) groups excluding carboxylic acids is 3. The summed E-state index contributed by atoms with van der Waals surface area (Å²) >= 11 is 1.51. The van der Waals surface area contributed by atoms with Crippen molar-refractivity contribution in [1.82, 2.24) is 19.8 Å². The lowest BCUT2D eigenvalue weighted by atomic mass is 9.87. The van der Waals surface area contributed by atoms with Crippen molar-refractivity contribution in [2.75, 3.05) is 11.9 Å². The maximum absolute atomic E-state index is 13.1. The third kappa shape index (κ3) is 4.11. The Balaban J connectivity index is 1.41. The molecule has 0 radical (unpaired) electrons. The summed E-state index contributed by atoms with van der Waals surface area (Å²) < 4.78 is 1.92. The number of rotatable bonds is 7. The average molecular weight is 450 g/mol. The number of benzene rings is 2. The highest BCUT2D eigenvalue weighted by atomic mass is 32.2. The van der Waals surface area contributed by atoms with Crippen LogP contribution in [0.1, 0.15) is 18.9 Å². The number of nitrogens with zero attached hydrogens (tertiary/aromatic N) is 3. The maximum atomic E-state index is 13.1. The van der Waals surface area contributed by atoms with E-state index in [1.54, 1.807) is 30.5 Å². The maximum Gasteiger partial charge on any atom is 0.325 e. The fourth-order valence-corrected chi connectivity index (χ4v) is 4.44. The molecule has 1 fully saturated rings. The van der Waals surface area contributed by atoms with Crippen molar-refractivity contribution in [1.29, 1.82) is 0 Å². The summed E-state index contributed by atoms with van der Waals surface area (Å²) in [6, 6.07) is 15.8. The van der Waals surface area contributed by atoms with Crippen LogP contribution < -0.4 is 10.6 Å². The molecule has 3 aromatic rings.